The molecule has 0 aliphatic carbocycles. The van der Waals surface area contributed by atoms with E-state index in [-0.39, 0.29) is 18.1 Å². The Hall–Kier alpha value is -1.52. The van der Waals surface area contributed by atoms with Crippen LogP contribution in [0.4, 0.5) is 4.79 Å². The van der Waals surface area contributed by atoms with Crippen molar-refractivity contribution in [1.82, 2.24) is 15.4 Å². The van der Waals surface area contributed by atoms with Gasteiger partial charge in [-0.1, -0.05) is 12.1 Å². The first kappa shape index (κ1) is 13.9. The van der Waals surface area contributed by atoms with Crippen LogP contribution in [-0.2, 0) is 6.42 Å². The Morgan fingerprint density at radius 3 is 2.95 bits per heavy atom. The van der Waals surface area contributed by atoms with Crippen molar-refractivity contribution in [3.05, 3.63) is 17.0 Å². The van der Waals surface area contributed by atoms with Crippen LogP contribution in [0.3, 0.4) is 0 Å². The van der Waals surface area contributed by atoms with Gasteiger partial charge in [0.05, 0.1) is 11.7 Å². The Bertz CT molecular complexity index is 454. The normalized spacial score (nSPS) is 19.2. The van der Waals surface area contributed by atoms with Crippen LogP contribution in [0.1, 0.15) is 56.7 Å². The van der Waals surface area contributed by atoms with Crippen molar-refractivity contribution in [2.24, 2.45) is 0 Å². The summed E-state index contributed by atoms with van der Waals surface area (Å²) in [5, 5.41) is 7.02. The molecular formula is C14H23N3O2. The Kier molecular flexibility index (Phi) is 4.12. The highest BCUT2D eigenvalue weighted by Gasteiger charge is 2.34. The molecule has 2 rings (SSSR count). The fourth-order valence-electron chi connectivity index (χ4n) is 2.75. The quantitative estimate of drug-likeness (QED) is 0.914. The smallest absolute Gasteiger partial charge is 0.318 e. The number of nitrogens with one attached hydrogen (secondary N) is 1. The molecule has 2 heterocycles. The van der Waals surface area contributed by atoms with E-state index in [1.807, 2.05) is 25.7 Å². The lowest BCUT2D eigenvalue weighted by molar-refractivity contribution is 0.190. The molecule has 1 saturated heterocycles. The second-order valence-corrected chi connectivity index (χ2v) is 5.41. The van der Waals surface area contributed by atoms with Crippen molar-refractivity contribution >= 4 is 6.03 Å². The first-order chi connectivity index (χ1) is 9.04. The van der Waals surface area contributed by atoms with Crippen molar-refractivity contribution < 1.29 is 9.32 Å². The molecule has 19 heavy (non-hydrogen) atoms. The average molecular weight is 265 g/mol. The summed E-state index contributed by atoms with van der Waals surface area (Å²) in [6.45, 7) is 8.76. The van der Waals surface area contributed by atoms with Gasteiger partial charge >= 0.3 is 6.03 Å². The van der Waals surface area contributed by atoms with Gasteiger partial charge in [-0.3, -0.25) is 0 Å². The number of hydrogen-bond donors (Lipinski definition) is 1. The van der Waals surface area contributed by atoms with Crippen molar-refractivity contribution in [3.63, 3.8) is 0 Å². The number of nitrogens with zero attached hydrogens (tertiary/aromatic N) is 2. The standard InChI is InChI=1S/C14H23N3O2/c1-5-12-13(10(4)16-19-12)11-7-6-8-17(11)14(18)15-9(2)3/h9,11H,5-8H2,1-4H3,(H,15,18). The third kappa shape index (κ3) is 2.74. The highest BCUT2D eigenvalue weighted by molar-refractivity contribution is 5.75. The monoisotopic (exact) mass is 265 g/mol. The maximum absolute atomic E-state index is 12.2. The summed E-state index contributed by atoms with van der Waals surface area (Å²) >= 11 is 0. The number of carbonyl (C=O) groups excluding carboxylic acids is 1. The van der Waals surface area contributed by atoms with Gasteiger partial charge in [0.25, 0.3) is 0 Å². The summed E-state index contributed by atoms with van der Waals surface area (Å²) in [5.41, 5.74) is 2.02. The summed E-state index contributed by atoms with van der Waals surface area (Å²) in [7, 11) is 0. The molecule has 0 saturated carbocycles. The third-order valence-electron chi connectivity index (χ3n) is 3.56. The molecule has 1 aliphatic heterocycles. The minimum atomic E-state index is 0.0140. The van der Waals surface area contributed by atoms with E-state index >= 15 is 0 Å². The SMILES string of the molecule is CCc1onc(C)c1C1CCCN1C(=O)NC(C)C. The Morgan fingerprint density at radius 1 is 1.58 bits per heavy atom. The number of rotatable bonds is 3. The van der Waals surface area contributed by atoms with Crippen LogP contribution >= 0.6 is 0 Å². The Balaban J connectivity index is 2.23. The molecule has 0 spiro atoms. The van der Waals surface area contributed by atoms with Crippen LogP contribution in [0.15, 0.2) is 4.52 Å². The van der Waals surface area contributed by atoms with Crippen LogP contribution in [0, 0.1) is 6.92 Å². The molecule has 0 bridgehead atoms. The van der Waals surface area contributed by atoms with Gasteiger partial charge < -0.3 is 14.7 Å². The van der Waals surface area contributed by atoms with Gasteiger partial charge in [0.1, 0.15) is 5.76 Å². The van der Waals surface area contributed by atoms with Gasteiger partial charge in [-0.25, -0.2) is 4.79 Å². The van der Waals surface area contributed by atoms with Crippen LogP contribution in [0.25, 0.3) is 0 Å². The number of hydrogen-bond acceptors (Lipinski definition) is 3. The topological polar surface area (TPSA) is 58.4 Å². The lowest BCUT2D eigenvalue weighted by Gasteiger charge is -2.26. The molecule has 1 N–H and O–H groups in total. The van der Waals surface area contributed by atoms with Gasteiger partial charge in [-0.05, 0) is 33.6 Å². The second kappa shape index (κ2) is 5.63. The summed E-state index contributed by atoms with van der Waals surface area (Å²) in [4.78, 5) is 14.2. The van der Waals surface area contributed by atoms with Crippen molar-refractivity contribution in [2.45, 2.75) is 59.0 Å². The maximum Gasteiger partial charge on any atom is 0.318 e. The lowest BCUT2D eigenvalue weighted by atomic mass is 10.0. The van der Waals surface area contributed by atoms with Gasteiger partial charge in [-0.15, -0.1) is 0 Å². The molecule has 0 radical (unpaired) electrons. The van der Waals surface area contributed by atoms with Crippen molar-refractivity contribution in [2.75, 3.05) is 6.54 Å². The molecule has 1 aliphatic rings. The Labute approximate surface area is 114 Å². The maximum atomic E-state index is 12.2. The number of aryl methyl sites for hydroxylation is 2. The molecule has 1 aromatic heterocycles. The van der Waals surface area contributed by atoms with Gasteiger partial charge in [0.2, 0.25) is 0 Å². The summed E-state index contributed by atoms with van der Waals surface area (Å²) in [6, 6.07) is 0.281. The molecule has 5 nitrogen and oxygen atoms in total. The number of aromatic nitrogens is 1. The first-order valence-corrected chi connectivity index (χ1v) is 7.06. The minimum absolute atomic E-state index is 0.0140. The van der Waals surface area contributed by atoms with Gasteiger partial charge in [0.15, 0.2) is 0 Å². The zero-order valence-electron chi connectivity index (χ0n) is 12.2. The second-order valence-electron chi connectivity index (χ2n) is 5.41. The van der Waals surface area contributed by atoms with Crippen molar-refractivity contribution in [1.29, 1.82) is 0 Å². The highest BCUT2D eigenvalue weighted by atomic mass is 16.5. The van der Waals surface area contributed by atoms with Crippen LogP contribution in [0.5, 0.6) is 0 Å². The highest BCUT2D eigenvalue weighted by Crippen LogP contribution is 2.35. The van der Waals surface area contributed by atoms with E-state index in [4.69, 9.17) is 4.52 Å². The molecule has 1 aromatic rings. The van der Waals surface area contributed by atoms with E-state index in [0.29, 0.717) is 0 Å². The molecule has 1 atom stereocenters. The summed E-state index contributed by atoms with van der Waals surface area (Å²) in [5.74, 6) is 0.909. The zero-order valence-corrected chi connectivity index (χ0v) is 12.2. The minimum Gasteiger partial charge on any atom is -0.361 e. The first-order valence-electron chi connectivity index (χ1n) is 7.06. The van der Waals surface area contributed by atoms with Gasteiger partial charge in [-0.2, -0.15) is 0 Å². The largest absolute Gasteiger partial charge is 0.361 e. The van der Waals surface area contributed by atoms with E-state index in [0.717, 1.165) is 42.8 Å². The fourth-order valence-corrected chi connectivity index (χ4v) is 2.75. The van der Waals surface area contributed by atoms with Gasteiger partial charge in [0, 0.05) is 24.6 Å². The molecule has 5 heteroatoms. The molecule has 1 fully saturated rings. The summed E-state index contributed by atoms with van der Waals surface area (Å²) in [6.07, 6.45) is 2.83. The summed E-state index contributed by atoms with van der Waals surface area (Å²) < 4.78 is 5.36. The zero-order chi connectivity index (χ0) is 14.0. The van der Waals surface area contributed by atoms with Crippen LogP contribution in [-0.4, -0.2) is 28.7 Å². The molecule has 106 valence electrons. The number of urea groups is 1. The molecule has 2 amide bonds. The van der Waals surface area contributed by atoms with Crippen LogP contribution in [0.2, 0.25) is 0 Å². The molecular weight excluding hydrogens is 242 g/mol. The average Bonchev–Trinajstić information content (AvgIpc) is 2.93. The number of likely N-dealkylation sites (tertiary alicyclic amines) is 1. The fraction of sp³-hybridized carbons (Fsp3) is 0.714. The Morgan fingerprint density at radius 2 is 2.32 bits per heavy atom. The molecule has 1 unspecified atom stereocenters. The van der Waals surface area contributed by atoms with E-state index in [2.05, 4.69) is 17.4 Å². The molecule has 0 aromatic carbocycles. The van der Waals surface area contributed by atoms with Crippen LogP contribution < -0.4 is 5.32 Å². The van der Waals surface area contributed by atoms with E-state index in [1.54, 1.807) is 0 Å². The number of carbonyl (C=O) groups is 1. The number of amides is 2. The lowest BCUT2D eigenvalue weighted by Crippen LogP contribution is -2.42. The predicted octanol–water partition coefficient (Wildman–Crippen LogP) is 2.80. The third-order valence-corrected chi connectivity index (χ3v) is 3.56. The van der Waals surface area contributed by atoms with Crippen molar-refractivity contribution in [3.8, 4) is 0 Å². The van der Waals surface area contributed by atoms with E-state index in [9.17, 15) is 4.79 Å². The van der Waals surface area contributed by atoms with E-state index in [1.165, 1.54) is 0 Å². The predicted molar refractivity (Wildman–Crippen MR) is 73.0 cm³/mol. The van der Waals surface area contributed by atoms with E-state index < -0.39 is 0 Å².